The second-order valence-corrected chi connectivity index (χ2v) is 8.43. The molecule has 1 aliphatic rings. The molecule has 2 heterocycles. The first-order valence-electron chi connectivity index (χ1n) is 11.0. The molecule has 1 saturated heterocycles. The summed E-state index contributed by atoms with van der Waals surface area (Å²) in [5, 5.41) is 8.04. The zero-order chi connectivity index (χ0) is 22.5. The van der Waals surface area contributed by atoms with E-state index >= 15 is 0 Å². The Kier molecular flexibility index (Phi) is 6.90. The highest BCUT2D eigenvalue weighted by Crippen LogP contribution is 2.20. The number of amides is 2. The van der Waals surface area contributed by atoms with Crippen LogP contribution in [-0.2, 0) is 17.6 Å². The van der Waals surface area contributed by atoms with Crippen LogP contribution in [0.2, 0.25) is 5.02 Å². The first-order valence-corrected chi connectivity index (χ1v) is 11.4. The molecule has 1 fully saturated rings. The lowest BCUT2D eigenvalue weighted by atomic mass is 10.0. The van der Waals surface area contributed by atoms with Crippen molar-refractivity contribution in [3.05, 3.63) is 82.6 Å². The fourth-order valence-electron chi connectivity index (χ4n) is 4.18. The summed E-state index contributed by atoms with van der Waals surface area (Å²) in [6.45, 7) is 3.46. The minimum absolute atomic E-state index is 0.0278. The van der Waals surface area contributed by atoms with Gasteiger partial charge in [0.15, 0.2) is 0 Å². The number of benzene rings is 2. The van der Waals surface area contributed by atoms with E-state index in [4.69, 9.17) is 11.6 Å². The van der Waals surface area contributed by atoms with Crippen molar-refractivity contribution in [1.82, 2.24) is 20.0 Å². The summed E-state index contributed by atoms with van der Waals surface area (Å²) in [7, 11) is 0. The fraction of sp³-hybridized carbons (Fsp3) is 0.320. The van der Waals surface area contributed by atoms with Crippen molar-refractivity contribution in [2.45, 2.75) is 38.6 Å². The van der Waals surface area contributed by atoms with Gasteiger partial charge in [-0.2, -0.15) is 5.10 Å². The van der Waals surface area contributed by atoms with Gasteiger partial charge in [0.05, 0.1) is 23.1 Å². The largest absolute Gasteiger partial charge is 0.341 e. The molecule has 7 heteroatoms. The lowest BCUT2D eigenvalue weighted by Crippen LogP contribution is -2.49. The molecular weight excluding hydrogens is 424 g/mol. The topological polar surface area (TPSA) is 67.2 Å². The van der Waals surface area contributed by atoms with Crippen molar-refractivity contribution in [1.29, 1.82) is 0 Å². The highest BCUT2D eigenvalue weighted by Gasteiger charge is 2.29. The predicted octanol–water partition coefficient (Wildman–Crippen LogP) is 4.05. The number of hydrogen-bond acceptors (Lipinski definition) is 3. The molecule has 166 valence electrons. The summed E-state index contributed by atoms with van der Waals surface area (Å²) in [6.07, 6.45) is 4.63. The zero-order valence-corrected chi connectivity index (χ0v) is 18.9. The van der Waals surface area contributed by atoms with Crippen molar-refractivity contribution in [2.24, 2.45) is 0 Å². The van der Waals surface area contributed by atoms with Crippen LogP contribution in [0.1, 0.15) is 41.4 Å². The lowest BCUT2D eigenvalue weighted by Gasteiger charge is -2.24. The number of nitrogens with zero attached hydrogens (tertiary/aromatic N) is 3. The number of aromatic nitrogens is 2. The number of rotatable bonds is 7. The van der Waals surface area contributed by atoms with E-state index in [-0.39, 0.29) is 11.8 Å². The van der Waals surface area contributed by atoms with Crippen molar-refractivity contribution in [2.75, 3.05) is 13.1 Å². The van der Waals surface area contributed by atoms with Gasteiger partial charge in [-0.25, -0.2) is 4.68 Å². The maximum atomic E-state index is 13.3. The lowest BCUT2D eigenvalue weighted by molar-refractivity contribution is -0.132. The Morgan fingerprint density at radius 1 is 1.09 bits per heavy atom. The van der Waals surface area contributed by atoms with E-state index in [1.165, 1.54) is 0 Å². The molecule has 6 nitrogen and oxygen atoms in total. The first-order chi connectivity index (χ1) is 15.6. The molecule has 1 aromatic heterocycles. The third-order valence-corrected chi connectivity index (χ3v) is 6.04. The molecule has 0 aliphatic carbocycles. The molecule has 0 saturated carbocycles. The average molecular weight is 451 g/mol. The van der Waals surface area contributed by atoms with Gasteiger partial charge in [-0.3, -0.25) is 9.59 Å². The van der Waals surface area contributed by atoms with Crippen LogP contribution < -0.4 is 5.32 Å². The Bertz CT molecular complexity index is 1090. The van der Waals surface area contributed by atoms with E-state index in [0.29, 0.717) is 23.4 Å². The summed E-state index contributed by atoms with van der Waals surface area (Å²) in [5.74, 6) is -0.316. The highest BCUT2D eigenvalue weighted by molar-refractivity contribution is 6.30. The molecule has 0 spiro atoms. The highest BCUT2D eigenvalue weighted by atomic mass is 35.5. The molecule has 1 aliphatic heterocycles. The number of nitrogens with one attached hydrogen (secondary N) is 1. The smallest absolute Gasteiger partial charge is 0.255 e. The van der Waals surface area contributed by atoms with Crippen LogP contribution in [0.5, 0.6) is 0 Å². The number of carbonyl (C=O) groups excluding carboxylic acids is 2. The standard InChI is InChI=1S/C25H27ClN4O2/c1-2-23-21(17-27-30(23)20-12-8-11-19(26)16-20)24(31)28-22(15-18-9-4-3-5-10-18)25(32)29-13-6-7-14-29/h3-5,8-12,16-17,22H,2,6-7,13-15H2,1H3,(H,28,31). The van der Waals surface area contributed by atoms with Gasteiger partial charge in [-0.05, 0) is 43.0 Å². The number of halogens is 1. The summed E-state index contributed by atoms with van der Waals surface area (Å²) in [4.78, 5) is 28.4. The van der Waals surface area contributed by atoms with Gasteiger partial charge in [0.1, 0.15) is 6.04 Å². The molecule has 2 aromatic carbocycles. The molecule has 3 aromatic rings. The summed E-state index contributed by atoms with van der Waals surface area (Å²) in [6, 6.07) is 16.5. The van der Waals surface area contributed by atoms with E-state index < -0.39 is 6.04 Å². The van der Waals surface area contributed by atoms with Gasteiger partial charge in [-0.1, -0.05) is 54.9 Å². The van der Waals surface area contributed by atoms with Crippen LogP contribution >= 0.6 is 11.6 Å². The molecule has 0 bridgehead atoms. The van der Waals surface area contributed by atoms with Gasteiger partial charge in [-0.15, -0.1) is 0 Å². The number of carbonyl (C=O) groups is 2. The SMILES string of the molecule is CCc1c(C(=O)NC(Cc2ccccc2)C(=O)N2CCCC2)cnn1-c1cccc(Cl)c1. The van der Waals surface area contributed by atoms with Crippen LogP contribution in [0.15, 0.2) is 60.8 Å². The molecule has 0 radical (unpaired) electrons. The normalized spacial score (nSPS) is 14.4. The van der Waals surface area contributed by atoms with Crippen molar-refractivity contribution in [3.63, 3.8) is 0 Å². The van der Waals surface area contributed by atoms with Crippen molar-refractivity contribution in [3.8, 4) is 5.69 Å². The van der Waals surface area contributed by atoms with Gasteiger partial charge in [0.25, 0.3) is 5.91 Å². The van der Waals surface area contributed by atoms with Crippen LogP contribution in [0.4, 0.5) is 0 Å². The minimum atomic E-state index is -0.623. The van der Waals surface area contributed by atoms with Crippen LogP contribution in [0.3, 0.4) is 0 Å². The Morgan fingerprint density at radius 3 is 2.53 bits per heavy atom. The number of likely N-dealkylation sites (tertiary alicyclic amines) is 1. The average Bonchev–Trinajstić information content (AvgIpc) is 3.49. The Hall–Kier alpha value is -3.12. The Labute approximate surface area is 193 Å². The third-order valence-electron chi connectivity index (χ3n) is 5.80. The quantitative estimate of drug-likeness (QED) is 0.590. The monoisotopic (exact) mass is 450 g/mol. The van der Waals surface area contributed by atoms with Gasteiger partial charge in [0, 0.05) is 24.5 Å². The van der Waals surface area contributed by atoms with E-state index in [1.807, 2.05) is 60.4 Å². The summed E-state index contributed by atoms with van der Waals surface area (Å²) in [5.41, 5.74) is 3.05. The maximum Gasteiger partial charge on any atom is 0.255 e. The van der Waals surface area contributed by atoms with Crippen molar-refractivity contribution >= 4 is 23.4 Å². The molecule has 1 N–H and O–H groups in total. The zero-order valence-electron chi connectivity index (χ0n) is 18.1. The fourth-order valence-corrected chi connectivity index (χ4v) is 4.36. The van der Waals surface area contributed by atoms with Gasteiger partial charge >= 0.3 is 0 Å². The molecule has 1 unspecified atom stereocenters. The van der Waals surface area contributed by atoms with Gasteiger partial charge in [0.2, 0.25) is 5.91 Å². The summed E-state index contributed by atoms with van der Waals surface area (Å²) >= 11 is 6.14. The van der Waals surface area contributed by atoms with E-state index in [1.54, 1.807) is 16.9 Å². The molecule has 2 amide bonds. The first kappa shape index (κ1) is 22.1. The maximum absolute atomic E-state index is 13.3. The van der Waals surface area contributed by atoms with Crippen LogP contribution in [-0.4, -0.2) is 45.6 Å². The van der Waals surface area contributed by atoms with Crippen LogP contribution in [0.25, 0.3) is 5.69 Å². The molecular formula is C25H27ClN4O2. The van der Waals surface area contributed by atoms with E-state index in [0.717, 1.165) is 42.9 Å². The summed E-state index contributed by atoms with van der Waals surface area (Å²) < 4.78 is 1.73. The minimum Gasteiger partial charge on any atom is -0.341 e. The molecule has 32 heavy (non-hydrogen) atoms. The Morgan fingerprint density at radius 2 is 1.84 bits per heavy atom. The Balaban J connectivity index is 1.59. The second-order valence-electron chi connectivity index (χ2n) is 8.00. The van der Waals surface area contributed by atoms with E-state index in [9.17, 15) is 9.59 Å². The predicted molar refractivity (Wildman–Crippen MR) is 125 cm³/mol. The second kappa shape index (κ2) is 10.0. The van der Waals surface area contributed by atoms with E-state index in [2.05, 4.69) is 10.4 Å². The third kappa shape index (κ3) is 4.86. The van der Waals surface area contributed by atoms with Crippen molar-refractivity contribution < 1.29 is 9.59 Å². The molecule has 4 rings (SSSR count). The van der Waals surface area contributed by atoms with Crippen LogP contribution in [0, 0.1) is 0 Å². The molecule has 1 atom stereocenters. The number of hydrogen-bond donors (Lipinski definition) is 1. The van der Waals surface area contributed by atoms with Gasteiger partial charge < -0.3 is 10.2 Å².